The molecular weight excluding hydrogens is 212 g/mol. The lowest BCUT2D eigenvalue weighted by Crippen LogP contribution is -2.33. The van der Waals surface area contributed by atoms with Gasteiger partial charge in [-0.2, -0.15) is 0 Å². The Morgan fingerprint density at radius 2 is 2.07 bits per heavy atom. The maximum absolute atomic E-state index is 12.2. The molecule has 2 aliphatic rings. The summed E-state index contributed by atoms with van der Waals surface area (Å²) in [7, 11) is 0. The van der Waals surface area contributed by atoms with E-state index in [1.165, 1.54) is 0 Å². The minimum absolute atomic E-state index is 0.0289. The number of Topliss-reactive ketones (excluding diaryl/α,β-unsaturated/α-hetero) is 1. The molecule has 2 nitrogen and oxygen atoms in total. The van der Waals surface area contributed by atoms with Gasteiger partial charge in [0, 0.05) is 17.8 Å². The monoisotopic (exact) mass is 228 g/mol. The average molecular weight is 229 g/mol. The van der Waals surface area contributed by atoms with Crippen LogP contribution in [-0.2, 0) is 9.59 Å². The first-order valence-electron chi connectivity index (χ1n) is 5.53. The Labute approximate surface area is 95.4 Å². The van der Waals surface area contributed by atoms with Crippen LogP contribution >= 0.6 is 11.6 Å². The molecule has 84 valence electrons. The highest BCUT2D eigenvalue weighted by Crippen LogP contribution is 2.66. The molecule has 2 bridgehead atoms. The quantitative estimate of drug-likeness (QED) is 0.681. The molecule has 3 heteroatoms. The summed E-state index contributed by atoms with van der Waals surface area (Å²) in [6, 6.07) is 0. The second-order valence-corrected chi connectivity index (χ2v) is 6.15. The van der Waals surface area contributed by atoms with Gasteiger partial charge in [0.1, 0.15) is 5.78 Å². The smallest absolute Gasteiger partial charge is 0.222 e. The Bertz CT molecular complexity index is 335. The molecule has 0 saturated heterocycles. The van der Waals surface area contributed by atoms with Gasteiger partial charge in [0.15, 0.2) is 0 Å². The molecule has 0 aliphatic heterocycles. The molecule has 0 aromatic heterocycles. The van der Waals surface area contributed by atoms with E-state index in [2.05, 4.69) is 13.8 Å². The fraction of sp³-hybridized carbons (Fsp3) is 0.833. The Balaban J connectivity index is 2.34. The van der Waals surface area contributed by atoms with Gasteiger partial charge in [0.2, 0.25) is 5.24 Å². The van der Waals surface area contributed by atoms with Crippen molar-refractivity contribution in [1.82, 2.24) is 0 Å². The second-order valence-electron chi connectivity index (χ2n) is 5.73. The fourth-order valence-electron chi connectivity index (χ4n) is 3.68. The summed E-state index contributed by atoms with van der Waals surface area (Å²) >= 11 is 5.41. The minimum atomic E-state index is -0.375. The largest absolute Gasteiger partial charge is 0.299 e. The average Bonchev–Trinajstić information content (AvgIpc) is 2.40. The van der Waals surface area contributed by atoms with E-state index in [0.29, 0.717) is 5.92 Å². The summed E-state index contributed by atoms with van der Waals surface area (Å²) in [6.07, 6.45) is 2.25. The zero-order valence-corrected chi connectivity index (χ0v) is 10.2. The summed E-state index contributed by atoms with van der Waals surface area (Å²) in [4.78, 5) is 23.2. The lowest BCUT2D eigenvalue weighted by molar-refractivity contribution is -0.133. The van der Waals surface area contributed by atoms with Crippen LogP contribution in [0.5, 0.6) is 0 Å². The first-order valence-corrected chi connectivity index (χ1v) is 5.91. The van der Waals surface area contributed by atoms with Crippen molar-refractivity contribution < 1.29 is 9.59 Å². The fourth-order valence-corrected chi connectivity index (χ4v) is 3.85. The highest BCUT2D eigenvalue weighted by Gasteiger charge is 2.65. The highest BCUT2D eigenvalue weighted by molar-refractivity contribution is 6.63. The topological polar surface area (TPSA) is 34.1 Å². The van der Waals surface area contributed by atoms with E-state index in [0.717, 1.165) is 12.8 Å². The maximum atomic E-state index is 12.2. The molecule has 2 aliphatic carbocycles. The van der Waals surface area contributed by atoms with Crippen molar-refractivity contribution >= 4 is 22.6 Å². The third-order valence-electron chi connectivity index (χ3n) is 5.05. The van der Waals surface area contributed by atoms with Crippen LogP contribution in [-0.4, -0.2) is 11.0 Å². The zero-order valence-electron chi connectivity index (χ0n) is 9.47. The lowest BCUT2D eigenvalue weighted by Gasteiger charge is -2.32. The van der Waals surface area contributed by atoms with E-state index in [4.69, 9.17) is 11.6 Å². The van der Waals surface area contributed by atoms with Gasteiger partial charge in [-0.15, -0.1) is 0 Å². The number of halogens is 1. The summed E-state index contributed by atoms with van der Waals surface area (Å²) < 4.78 is 0. The van der Waals surface area contributed by atoms with Gasteiger partial charge < -0.3 is 0 Å². The zero-order chi connectivity index (χ0) is 11.4. The summed E-state index contributed by atoms with van der Waals surface area (Å²) in [5.74, 6) is 0.485. The summed E-state index contributed by atoms with van der Waals surface area (Å²) in [5, 5.41) is -0.375. The lowest BCUT2D eigenvalue weighted by atomic mass is 9.70. The third-order valence-corrected chi connectivity index (χ3v) is 5.21. The molecule has 0 N–H and O–H groups in total. The van der Waals surface area contributed by atoms with Crippen LogP contribution in [0.25, 0.3) is 0 Å². The van der Waals surface area contributed by atoms with Gasteiger partial charge in [-0.3, -0.25) is 9.59 Å². The number of fused-ring (bicyclic) bond motifs is 2. The molecule has 0 aromatic rings. The molecule has 2 rings (SSSR count). The minimum Gasteiger partial charge on any atom is -0.299 e. The Morgan fingerprint density at radius 3 is 2.47 bits per heavy atom. The SMILES string of the molecule is CC1(C)[C@@H]2CC[C@@]1(C)C(=O)[C@H]2CC(=O)Cl. The van der Waals surface area contributed by atoms with Gasteiger partial charge >= 0.3 is 0 Å². The number of carbonyl (C=O) groups is 2. The molecule has 0 aromatic carbocycles. The summed E-state index contributed by atoms with van der Waals surface area (Å²) in [6.45, 7) is 6.36. The number of hydrogen-bond donors (Lipinski definition) is 0. The number of ketones is 1. The van der Waals surface area contributed by atoms with E-state index in [-0.39, 0.29) is 34.2 Å². The van der Waals surface area contributed by atoms with E-state index in [1.807, 2.05) is 6.92 Å². The molecule has 0 unspecified atom stereocenters. The molecule has 0 spiro atoms. The molecule has 3 atom stereocenters. The van der Waals surface area contributed by atoms with Crippen molar-refractivity contribution in [3.8, 4) is 0 Å². The first-order chi connectivity index (χ1) is 6.80. The van der Waals surface area contributed by atoms with E-state index < -0.39 is 0 Å². The van der Waals surface area contributed by atoms with Crippen LogP contribution in [0, 0.1) is 22.7 Å². The number of hydrogen-bond acceptors (Lipinski definition) is 2. The standard InChI is InChI=1S/C12H17ClO2/c1-11(2)8-4-5-12(11,3)10(15)7(8)6-9(13)14/h7-8H,4-6H2,1-3H3/t7-,8+,12-/m0/s1. The van der Waals surface area contributed by atoms with Crippen LogP contribution in [0.15, 0.2) is 0 Å². The van der Waals surface area contributed by atoms with Crippen molar-refractivity contribution in [3.63, 3.8) is 0 Å². The van der Waals surface area contributed by atoms with Crippen LogP contribution < -0.4 is 0 Å². The molecule has 2 saturated carbocycles. The predicted molar refractivity (Wildman–Crippen MR) is 58.6 cm³/mol. The molecule has 15 heavy (non-hydrogen) atoms. The normalized spacial score (nSPS) is 42.3. The highest BCUT2D eigenvalue weighted by atomic mass is 35.5. The van der Waals surface area contributed by atoms with Crippen molar-refractivity contribution in [2.45, 2.75) is 40.0 Å². The number of rotatable bonds is 2. The summed E-state index contributed by atoms with van der Waals surface area (Å²) in [5.41, 5.74) is -0.199. The van der Waals surface area contributed by atoms with Crippen LogP contribution in [0.3, 0.4) is 0 Å². The third kappa shape index (κ3) is 1.24. The van der Waals surface area contributed by atoms with E-state index in [9.17, 15) is 9.59 Å². The van der Waals surface area contributed by atoms with E-state index >= 15 is 0 Å². The Hall–Kier alpha value is -0.370. The predicted octanol–water partition coefficient (Wildman–Crippen LogP) is 2.78. The maximum Gasteiger partial charge on any atom is 0.222 e. The Morgan fingerprint density at radius 1 is 1.47 bits per heavy atom. The van der Waals surface area contributed by atoms with Crippen LogP contribution in [0.1, 0.15) is 40.0 Å². The first kappa shape index (κ1) is 11.1. The second kappa shape index (κ2) is 3.07. The molecule has 0 amide bonds. The van der Waals surface area contributed by atoms with Crippen molar-refractivity contribution in [2.24, 2.45) is 22.7 Å². The molecule has 0 radical (unpaired) electrons. The van der Waals surface area contributed by atoms with Gasteiger partial charge in [-0.1, -0.05) is 20.8 Å². The Kier molecular flexibility index (Phi) is 2.27. The van der Waals surface area contributed by atoms with Crippen LogP contribution in [0.2, 0.25) is 0 Å². The molecule has 0 heterocycles. The van der Waals surface area contributed by atoms with Crippen LogP contribution in [0.4, 0.5) is 0 Å². The van der Waals surface area contributed by atoms with Gasteiger partial charge in [-0.25, -0.2) is 0 Å². The molecular formula is C12H17ClO2. The van der Waals surface area contributed by atoms with E-state index in [1.54, 1.807) is 0 Å². The van der Waals surface area contributed by atoms with Gasteiger partial charge in [-0.05, 0) is 35.8 Å². The van der Waals surface area contributed by atoms with Gasteiger partial charge in [0.05, 0.1) is 0 Å². The van der Waals surface area contributed by atoms with Crippen molar-refractivity contribution in [3.05, 3.63) is 0 Å². The van der Waals surface area contributed by atoms with Crippen molar-refractivity contribution in [2.75, 3.05) is 0 Å². The van der Waals surface area contributed by atoms with Gasteiger partial charge in [0.25, 0.3) is 0 Å². The number of carbonyl (C=O) groups excluding carboxylic acids is 2. The van der Waals surface area contributed by atoms with Crippen molar-refractivity contribution in [1.29, 1.82) is 0 Å². The molecule has 2 fully saturated rings.